The molecule has 18 heavy (non-hydrogen) atoms. The maximum absolute atomic E-state index is 12.4. The zero-order valence-electron chi connectivity index (χ0n) is 10.2. The first-order valence-electron chi connectivity index (χ1n) is 6.05. The van der Waals surface area contributed by atoms with Crippen LogP contribution in [0.15, 0.2) is 18.2 Å². The molecule has 98 valence electrons. The van der Waals surface area contributed by atoms with E-state index < -0.39 is 0 Å². The van der Waals surface area contributed by atoms with E-state index in [1.54, 1.807) is 18.2 Å². The third-order valence-corrected chi connectivity index (χ3v) is 3.70. The molecule has 1 aromatic carbocycles. The van der Waals surface area contributed by atoms with E-state index >= 15 is 0 Å². The van der Waals surface area contributed by atoms with Gasteiger partial charge in [0.25, 0.3) is 5.91 Å². The summed E-state index contributed by atoms with van der Waals surface area (Å²) < 4.78 is 0. The van der Waals surface area contributed by atoms with Crippen molar-refractivity contribution in [3.05, 3.63) is 33.8 Å². The molecule has 0 aromatic heterocycles. The minimum absolute atomic E-state index is 0.0208. The second kappa shape index (κ2) is 5.91. The van der Waals surface area contributed by atoms with Gasteiger partial charge in [-0.2, -0.15) is 0 Å². The van der Waals surface area contributed by atoms with E-state index in [9.17, 15) is 4.79 Å². The van der Waals surface area contributed by atoms with Gasteiger partial charge in [0.1, 0.15) is 0 Å². The summed E-state index contributed by atoms with van der Waals surface area (Å²) in [5.74, 6) is -0.0208. The lowest BCUT2D eigenvalue weighted by atomic mass is 10.2. The molecule has 1 aliphatic rings. The van der Waals surface area contributed by atoms with Crippen LogP contribution in [-0.2, 0) is 0 Å². The Balaban J connectivity index is 2.15. The van der Waals surface area contributed by atoms with Crippen molar-refractivity contribution >= 4 is 29.1 Å². The summed E-state index contributed by atoms with van der Waals surface area (Å²) in [6, 6.07) is 5.44. The average molecular weight is 287 g/mol. The van der Waals surface area contributed by atoms with Gasteiger partial charge in [-0.1, -0.05) is 23.2 Å². The fourth-order valence-electron chi connectivity index (χ4n) is 2.05. The van der Waals surface area contributed by atoms with Crippen LogP contribution in [0.3, 0.4) is 0 Å². The molecule has 0 saturated carbocycles. The summed E-state index contributed by atoms with van der Waals surface area (Å²) in [5.41, 5.74) is 0.524. The Bertz CT molecular complexity index is 451. The van der Waals surface area contributed by atoms with Crippen molar-refractivity contribution in [2.45, 2.75) is 19.4 Å². The van der Waals surface area contributed by atoms with E-state index in [1.165, 1.54) is 0 Å². The van der Waals surface area contributed by atoms with Crippen LogP contribution in [0, 0.1) is 0 Å². The van der Waals surface area contributed by atoms with Crippen molar-refractivity contribution in [3.63, 3.8) is 0 Å². The monoisotopic (exact) mass is 286 g/mol. The van der Waals surface area contributed by atoms with Gasteiger partial charge in [-0.05, 0) is 31.5 Å². The van der Waals surface area contributed by atoms with Crippen LogP contribution in [0.5, 0.6) is 0 Å². The maximum Gasteiger partial charge on any atom is 0.255 e. The van der Waals surface area contributed by atoms with Gasteiger partial charge in [0.2, 0.25) is 0 Å². The molecule has 1 atom stereocenters. The summed E-state index contributed by atoms with van der Waals surface area (Å²) in [4.78, 5) is 14.2. The second-order valence-electron chi connectivity index (χ2n) is 4.56. The molecule has 1 aliphatic heterocycles. The molecule has 3 nitrogen and oxygen atoms in total. The SMILES string of the molecule is CC1CCN(C(=O)c2ccc(Cl)cc2Cl)CCN1. The number of carbonyl (C=O) groups excluding carboxylic acids is 1. The van der Waals surface area contributed by atoms with Crippen LogP contribution in [0.25, 0.3) is 0 Å². The van der Waals surface area contributed by atoms with Crippen molar-refractivity contribution in [1.82, 2.24) is 10.2 Å². The highest BCUT2D eigenvalue weighted by Crippen LogP contribution is 2.22. The number of benzene rings is 1. The van der Waals surface area contributed by atoms with Crippen molar-refractivity contribution in [2.24, 2.45) is 0 Å². The fourth-order valence-corrected chi connectivity index (χ4v) is 2.53. The number of nitrogens with zero attached hydrogens (tertiary/aromatic N) is 1. The molecule has 0 spiro atoms. The Labute approximate surface area is 117 Å². The zero-order valence-corrected chi connectivity index (χ0v) is 11.8. The topological polar surface area (TPSA) is 32.3 Å². The Hall–Kier alpha value is -0.770. The van der Waals surface area contributed by atoms with Gasteiger partial charge in [-0.15, -0.1) is 0 Å². The number of carbonyl (C=O) groups is 1. The third kappa shape index (κ3) is 3.16. The van der Waals surface area contributed by atoms with Crippen molar-refractivity contribution in [3.8, 4) is 0 Å². The predicted octanol–water partition coefficient (Wildman–Crippen LogP) is 2.82. The molecule has 1 N–H and O–H groups in total. The van der Waals surface area contributed by atoms with Gasteiger partial charge in [-0.3, -0.25) is 4.79 Å². The van der Waals surface area contributed by atoms with Crippen molar-refractivity contribution < 1.29 is 4.79 Å². The lowest BCUT2D eigenvalue weighted by Gasteiger charge is -2.20. The zero-order chi connectivity index (χ0) is 13.1. The molecule has 1 unspecified atom stereocenters. The highest BCUT2D eigenvalue weighted by molar-refractivity contribution is 6.36. The van der Waals surface area contributed by atoms with E-state index in [0.717, 1.165) is 19.5 Å². The second-order valence-corrected chi connectivity index (χ2v) is 5.40. The van der Waals surface area contributed by atoms with Crippen molar-refractivity contribution in [1.29, 1.82) is 0 Å². The van der Waals surface area contributed by atoms with E-state index in [2.05, 4.69) is 12.2 Å². The average Bonchev–Trinajstić information content (AvgIpc) is 2.53. The van der Waals surface area contributed by atoms with Crippen LogP contribution < -0.4 is 5.32 Å². The highest BCUT2D eigenvalue weighted by Gasteiger charge is 2.21. The summed E-state index contributed by atoms with van der Waals surface area (Å²) in [7, 11) is 0. The number of hydrogen-bond donors (Lipinski definition) is 1. The van der Waals surface area contributed by atoms with Crippen LogP contribution in [-0.4, -0.2) is 36.5 Å². The number of nitrogens with one attached hydrogen (secondary N) is 1. The molecule has 5 heteroatoms. The van der Waals surface area contributed by atoms with Crippen molar-refractivity contribution in [2.75, 3.05) is 19.6 Å². The van der Waals surface area contributed by atoms with Gasteiger partial charge in [0.15, 0.2) is 0 Å². The highest BCUT2D eigenvalue weighted by atomic mass is 35.5. The molecule has 1 saturated heterocycles. The molecule has 0 bridgehead atoms. The Morgan fingerprint density at radius 3 is 2.89 bits per heavy atom. The smallest absolute Gasteiger partial charge is 0.255 e. The molecule has 0 radical (unpaired) electrons. The normalized spacial score (nSPS) is 20.6. The fraction of sp³-hybridized carbons (Fsp3) is 0.462. The van der Waals surface area contributed by atoms with Gasteiger partial charge < -0.3 is 10.2 Å². The molecule has 1 fully saturated rings. The van der Waals surface area contributed by atoms with E-state index in [4.69, 9.17) is 23.2 Å². The molecular weight excluding hydrogens is 271 g/mol. The molecule has 2 rings (SSSR count). The summed E-state index contributed by atoms with van der Waals surface area (Å²) >= 11 is 11.9. The largest absolute Gasteiger partial charge is 0.337 e. The lowest BCUT2D eigenvalue weighted by molar-refractivity contribution is 0.0766. The minimum Gasteiger partial charge on any atom is -0.337 e. The third-order valence-electron chi connectivity index (χ3n) is 3.16. The lowest BCUT2D eigenvalue weighted by Crippen LogP contribution is -2.34. The first kappa shape index (κ1) is 13.7. The Morgan fingerprint density at radius 1 is 1.39 bits per heavy atom. The molecular formula is C13H16Cl2N2O. The molecule has 1 heterocycles. The predicted molar refractivity (Wildman–Crippen MR) is 74.4 cm³/mol. The standard InChI is InChI=1S/C13H16Cl2N2O/c1-9-4-6-17(7-5-16-9)13(18)11-3-2-10(14)8-12(11)15/h2-3,8-9,16H,4-7H2,1H3. The van der Waals surface area contributed by atoms with Crippen LogP contribution in [0.2, 0.25) is 10.0 Å². The first-order chi connectivity index (χ1) is 8.58. The van der Waals surface area contributed by atoms with Crippen LogP contribution >= 0.6 is 23.2 Å². The van der Waals surface area contributed by atoms with E-state index in [-0.39, 0.29) is 5.91 Å². The summed E-state index contributed by atoms with van der Waals surface area (Å²) in [5, 5.41) is 4.32. The van der Waals surface area contributed by atoms with E-state index in [1.807, 2.05) is 4.90 Å². The molecule has 1 aromatic rings. The van der Waals surface area contributed by atoms with Crippen LogP contribution in [0.4, 0.5) is 0 Å². The number of amides is 1. The quantitative estimate of drug-likeness (QED) is 0.861. The van der Waals surface area contributed by atoms with E-state index in [0.29, 0.717) is 28.2 Å². The van der Waals surface area contributed by atoms with Gasteiger partial charge in [0.05, 0.1) is 10.6 Å². The van der Waals surface area contributed by atoms with Gasteiger partial charge in [0, 0.05) is 30.7 Å². The molecule has 1 amide bonds. The van der Waals surface area contributed by atoms with Gasteiger partial charge >= 0.3 is 0 Å². The Morgan fingerprint density at radius 2 is 2.17 bits per heavy atom. The number of halogens is 2. The van der Waals surface area contributed by atoms with Crippen LogP contribution in [0.1, 0.15) is 23.7 Å². The number of rotatable bonds is 1. The maximum atomic E-state index is 12.4. The minimum atomic E-state index is -0.0208. The first-order valence-corrected chi connectivity index (χ1v) is 6.81. The molecule has 0 aliphatic carbocycles. The summed E-state index contributed by atoms with van der Waals surface area (Å²) in [6.07, 6.45) is 0.955. The van der Waals surface area contributed by atoms with Gasteiger partial charge in [-0.25, -0.2) is 0 Å². The number of hydrogen-bond acceptors (Lipinski definition) is 2. The Kier molecular flexibility index (Phi) is 4.49. The summed E-state index contributed by atoms with van der Waals surface area (Å²) in [6.45, 7) is 4.41.